The fourth-order valence-corrected chi connectivity index (χ4v) is 6.95. The van der Waals surface area contributed by atoms with Crippen LogP contribution < -0.4 is 0 Å². The molecule has 1 heterocycles. The largest absolute Gasteiger partial charge is 0.0888 e. The first-order chi connectivity index (χ1) is 17.3. The lowest BCUT2D eigenvalue weighted by atomic mass is 9.90. The maximum Gasteiger partial charge on any atom is 0.0207 e. The molecule has 0 radical (unpaired) electrons. The fourth-order valence-electron chi connectivity index (χ4n) is 5.77. The Labute approximate surface area is 207 Å². The summed E-state index contributed by atoms with van der Waals surface area (Å²) in [6.45, 7) is 0. The van der Waals surface area contributed by atoms with Crippen molar-refractivity contribution < 1.29 is 0 Å². The van der Waals surface area contributed by atoms with Crippen molar-refractivity contribution in [3.63, 3.8) is 0 Å². The molecule has 0 aliphatic carbocycles. The second-order valence-electron chi connectivity index (χ2n) is 9.36. The molecule has 8 rings (SSSR count). The fraction of sp³-hybridized carbons (Fsp3) is 0. The predicted molar refractivity (Wildman–Crippen MR) is 151 cm³/mol. The van der Waals surface area contributed by atoms with Crippen molar-refractivity contribution >= 4 is 54.9 Å². The average Bonchev–Trinajstić information content (AvgIpc) is 2.91. The summed E-state index contributed by atoms with van der Waals surface area (Å²) in [6.07, 6.45) is 0. The predicted octanol–water partition coefficient (Wildman–Crippen LogP) is 10.1. The van der Waals surface area contributed by atoms with Gasteiger partial charge in [0.05, 0.1) is 0 Å². The van der Waals surface area contributed by atoms with Gasteiger partial charge in [-0.2, -0.15) is 0 Å². The van der Waals surface area contributed by atoms with Crippen molar-refractivity contribution in [3.05, 3.63) is 121 Å². The molecule has 0 saturated heterocycles. The molecule has 0 amide bonds. The first-order valence-corrected chi connectivity index (χ1v) is 12.8. The Morgan fingerprint density at radius 2 is 1.11 bits per heavy atom. The van der Waals surface area contributed by atoms with Crippen LogP contribution in [-0.2, 0) is 0 Å². The van der Waals surface area contributed by atoms with Crippen LogP contribution in [0, 0.1) is 0 Å². The van der Waals surface area contributed by atoms with Gasteiger partial charge < -0.3 is 0 Å². The third kappa shape index (κ3) is 2.82. The van der Waals surface area contributed by atoms with Crippen molar-refractivity contribution in [2.75, 3.05) is 0 Å². The number of hydrogen-bond acceptors (Lipinski definition) is 1. The third-order valence-corrected chi connectivity index (χ3v) is 8.51. The first-order valence-electron chi connectivity index (χ1n) is 12.0. The molecule has 0 spiro atoms. The van der Waals surface area contributed by atoms with Gasteiger partial charge in [0.1, 0.15) is 0 Å². The van der Waals surface area contributed by atoms with Crippen LogP contribution in [0.25, 0.3) is 65.3 Å². The monoisotopic (exact) mass is 460 g/mol. The van der Waals surface area contributed by atoms with Gasteiger partial charge in [-0.1, -0.05) is 103 Å². The van der Waals surface area contributed by atoms with Crippen molar-refractivity contribution in [3.8, 4) is 22.3 Å². The molecule has 162 valence electrons. The molecule has 1 heteroatoms. The summed E-state index contributed by atoms with van der Waals surface area (Å²) in [5.41, 5.74) is 5.24. The van der Waals surface area contributed by atoms with Crippen LogP contribution in [0.15, 0.2) is 131 Å². The lowest BCUT2D eigenvalue weighted by Gasteiger charge is -2.21. The van der Waals surface area contributed by atoms with Gasteiger partial charge >= 0.3 is 0 Å². The molecule has 0 N–H and O–H groups in total. The smallest absolute Gasteiger partial charge is 0.0207 e. The Kier molecular flexibility index (Phi) is 3.97. The van der Waals surface area contributed by atoms with E-state index in [2.05, 4.69) is 121 Å². The minimum absolute atomic E-state index is 1.27. The molecule has 7 aromatic rings. The zero-order chi connectivity index (χ0) is 22.9. The molecular formula is C34H20S. The van der Waals surface area contributed by atoms with Crippen LogP contribution in [0.5, 0.6) is 0 Å². The Balaban J connectivity index is 1.39. The maximum absolute atomic E-state index is 2.39. The molecule has 0 bridgehead atoms. The van der Waals surface area contributed by atoms with Gasteiger partial charge in [0.2, 0.25) is 0 Å². The highest BCUT2D eigenvalue weighted by Crippen LogP contribution is 2.49. The summed E-state index contributed by atoms with van der Waals surface area (Å²) < 4.78 is 0. The molecule has 1 aliphatic rings. The van der Waals surface area contributed by atoms with Gasteiger partial charge in [0, 0.05) is 15.2 Å². The molecule has 7 aromatic carbocycles. The van der Waals surface area contributed by atoms with E-state index in [1.54, 1.807) is 0 Å². The molecule has 0 unspecified atom stereocenters. The Bertz CT molecular complexity index is 1970. The number of fused-ring (bicyclic) bond motifs is 6. The van der Waals surface area contributed by atoms with E-state index < -0.39 is 0 Å². The van der Waals surface area contributed by atoms with Crippen LogP contribution in [0.3, 0.4) is 0 Å². The molecule has 0 nitrogen and oxygen atoms in total. The molecule has 0 fully saturated rings. The van der Waals surface area contributed by atoms with E-state index in [1.807, 2.05) is 11.8 Å². The Morgan fingerprint density at radius 3 is 2.00 bits per heavy atom. The van der Waals surface area contributed by atoms with Crippen LogP contribution in [0.4, 0.5) is 0 Å². The van der Waals surface area contributed by atoms with Gasteiger partial charge in [-0.05, 0) is 90.3 Å². The maximum atomic E-state index is 2.39. The second-order valence-corrected chi connectivity index (χ2v) is 10.4. The van der Waals surface area contributed by atoms with Crippen molar-refractivity contribution in [2.24, 2.45) is 0 Å². The Morgan fingerprint density at radius 1 is 0.371 bits per heavy atom. The number of rotatable bonds is 1. The molecule has 0 atom stereocenters. The SMILES string of the molecule is c1ccc2cc3c(cc(-c4ccc5c(c4)Sc4cccc6cccc-5c46)c4ccccc43)cc2c1. The zero-order valence-corrected chi connectivity index (χ0v) is 19.8. The van der Waals surface area contributed by atoms with E-state index in [1.165, 1.54) is 75.1 Å². The first kappa shape index (κ1) is 19.3. The van der Waals surface area contributed by atoms with E-state index >= 15 is 0 Å². The quantitative estimate of drug-likeness (QED) is 0.173. The third-order valence-electron chi connectivity index (χ3n) is 7.39. The van der Waals surface area contributed by atoms with Crippen LogP contribution in [0.2, 0.25) is 0 Å². The lowest BCUT2D eigenvalue weighted by Crippen LogP contribution is -1.93. The van der Waals surface area contributed by atoms with Gasteiger partial charge in [0.15, 0.2) is 0 Å². The zero-order valence-electron chi connectivity index (χ0n) is 19.0. The summed E-state index contributed by atoms with van der Waals surface area (Å²) in [7, 11) is 0. The highest BCUT2D eigenvalue weighted by atomic mass is 32.2. The topological polar surface area (TPSA) is 0 Å². The highest BCUT2D eigenvalue weighted by molar-refractivity contribution is 7.99. The summed E-state index contributed by atoms with van der Waals surface area (Å²) >= 11 is 1.89. The molecule has 35 heavy (non-hydrogen) atoms. The molecule has 0 aromatic heterocycles. The summed E-state index contributed by atoms with van der Waals surface area (Å²) in [4.78, 5) is 2.67. The van der Waals surface area contributed by atoms with E-state index in [0.29, 0.717) is 0 Å². The summed E-state index contributed by atoms with van der Waals surface area (Å²) in [6, 6.07) is 44.9. The highest BCUT2D eigenvalue weighted by Gasteiger charge is 2.20. The molecule has 0 saturated carbocycles. The van der Waals surface area contributed by atoms with Crippen LogP contribution in [-0.4, -0.2) is 0 Å². The average molecular weight is 461 g/mol. The minimum Gasteiger partial charge on any atom is -0.0888 e. The summed E-state index contributed by atoms with van der Waals surface area (Å²) in [5.74, 6) is 0. The van der Waals surface area contributed by atoms with Crippen molar-refractivity contribution in [1.82, 2.24) is 0 Å². The van der Waals surface area contributed by atoms with Gasteiger partial charge in [-0.15, -0.1) is 0 Å². The van der Waals surface area contributed by atoms with E-state index in [0.717, 1.165) is 0 Å². The van der Waals surface area contributed by atoms with Crippen molar-refractivity contribution in [2.45, 2.75) is 9.79 Å². The second kappa shape index (κ2) is 7.21. The lowest BCUT2D eigenvalue weighted by molar-refractivity contribution is 1.40. The number of benzene rings is 7. The van der Waals surface area contributed by atoms with E-state index in [4.69, 9.17) is 0 Å². The van der Waals surface area contributed by atoms with Gasteiger partial charge in [0.25, 0.3) is 0 Å². The minimum atomic E-state index is 1.27. The number of hydrogen-bond donors (Lipinski definition) is 0. The van der Waals surface area contributed by atoms with Crippen LogP contribution >= 0.6 is 11.8 Å². The summed E-state index contributed by atoms with van der Waals surface area (Å²) in [5, 5.41) is 10.5. The molecular weight excluding hydrogens is 440 g/mol. The standard InChI is InChI=1S/C34H20S/c1-2-8-23-18-31-25(17-22(23)7-1)19-30(26-11-3-4-12-27(26)31)24-15-16-28-29-13-5-9-21-10-6-14-32(34(21)29)35-33(28)20-24/h1-20H. The van der Waals surface area contributed by atoms with Gasteiger partial charge in [-0.3, -0.25) is 0 Å². The van der Waals surface area contributed by atoms with E-state index in [-0.39, 0.29) is 0 Å². The van der Waals surface area contributed by atoms with E-state index in [9.17, 15) is 0 Å². The van der Waals surface area contributed by atoms with Crippen molar-refractivity contribution in [1.29, 1.82) is 0 Å². The Hall–Kier alpha value is -4.07. The van der Waals surface area contributed by atoms with Crippen LogP contribution in [0.1, 0.15) is 0 Å². The van der Waals surface area contributed by atoms with Gasteiger partial charge in [-0.25, -0.2) is 0 Å². The molecule has 1 aliphatic heterocycles. The normalized spacial score (nSPS) is 12.5.